The minimum Gasteiger partial charge on any atom is -0.493 e. The van der Waals surface area contributed by atoms with Gasteiger partial charge in [0.05, 0.1) is 19.8 Å². The minimum atomic E-state index is 0.380. The van der Waals surface area contributed by atoms with E-state index >= 15 is 0 Å². The van der Waals surface area contributed by atoms with Gasteiger partial charge in [0.2, 0.25) is 0 Å². The molecule has 1 aliphatic rings. The van der Waals surface area contributed by atoms with Crippen molar-refractivity contribution in [3.05, 3.63) is 29.3 Å². The van der Waals surface area contributed by atoms with E-state index in [1.165, 1.54) is 11.1 Å². The van der Waals surface area contributed by atoms with Gasteiger partial charge in [0.25, 0.3) is 0 Å². The summed E-state index contributed by atoms with van der Waals surface area (Å²) in [6.45, 7) is 6.24. The number of unbranched alkanes of at least 4 members (excludes halogenated alkanes) is 1. The Bertz CT molecular complexity index is 422. The van der Waals surface area contributed by atoms with Crippen molar-refractivity contribution in [1.29, 1.82) is 0 Å². The average Bonchev–Trinajstić information content (AvgIpc) is 2.97. The Morgan fingerprint density at radius 2 is 2.14 bits per heavy atom. The van der Waals surface area contributed by atoms with E-state index in [0.717, 1.165) is 44.8 Å². The summed E-state index contributed by atoms with van der Waals surface area (Å²) in [6.07, 6.45) is 3.25. The van der Waals surface area contributed by atoms with Crippen LogP contribution in [0.3, 0.4) is 0 Å². The van der Waals surface area contributed by atoms with Crippen LogP contribution in [-0.2, 0) is 15.9 Å². The van der Waals surface area contributed by atoms with E-state index in [1.807, 2.05) is 0 Å². The molecule has 1 N–H and O–H groups in total. The van der Waals surface area contributed by atoms with E-state index in [0.29, 0.717) is 19.3 Å². The van der Waals surface area contributed by atoms with Gasteiger partial charge < -0.3 is 19.5 Å². The number of rotatable bonds is 10. The topological polar surface area (TPSA) is 39.7 Å². The highest BCUT2D eigenvalue weighted by Gasteiger charge is 2.14. The molecular formula is C17H27NO3. The normalized spacial score (nSPS) is 14.8. The third-order valence-corrected chi connectivity index (χ3v) is 3.81. The molecule has 0 spiro atoms. The van der Waals surface area contributed by atoms with Gasteiger partial charge >= 0.3 is 0 Å². The van der Waals surface area contributed by atoms with Gasteiger partial charge in [0, 0.05) is 26.2 Å². The molecule has 4 nitrogen and oxygen atoms in total. The van der Waals surface area contributed by atoms with Crippen molar-refractivity contribution in [3.8, 4) is 5.75 Å². The zero-order valence-corrected chi connectivity index (χ0v) is 13.2. The first-order chi connectivity index (χ1) is 10.3. The predicted molar refractivity (Wildman–Crippen MR) is 84.0 cm³/mol. The van der Waals surface area contributed by atoms with Crippen LogP contribution >= 0.6 is 0 Å². The van der Waals surface area contributed by atoms with Gasteiger partial charge in [0.1, 0.15) is 5.75 Å². The lowest BCUT2D eigenvalue weighted by Crippen LogP contribution is -2.20. The molecule has 0 fully saturated rings. The van der Waals surface area contributed by atoms with Crippen LogP contribution in [-0.4, -0.2) is 40.1 Å². The Morgan fingerprint density at radius 3 is 3.00 bits per heavy atom. The second-order valence-corrected chi connectivity index (χ2v) is 5.45. The van der Waals surface area contributed by atoms with Crippen molar-refractivity contribution >= 4 is 0 Å². The number of hydrogen-bond donors (Lipinski definition) is 1. The van der Waals surface area contributed by atoms with Crippen LogP contribution in [0.15, 0.2) is 18.2 Å². The number of hydrogen-bond acceptors (Lipinski definition) is 4. The summed E-state index contributed by atoms with van der Waals surface area (Å²) in [6, 6.07) is 6.91. The van der Waals surface area contributed by atoms with E-state index in [2.05, 4.69) is 30.4 Å². The van der Waals surface area contributed by atoms with E-state index in [-0.39, 0.29) is 0 Å². The Balaban J connectivity index is 1.60. The van der Waals surface area contributed by atoms with Crippen LogP contribution in [0.4, 0.5) is 0 Å². The first-order valence-corrected chi connectivity index (χ1v) is 7.87. The average molecular weight is 293 g/mol. The quantitative estimate of drug-likeness (QED) is 0.673. The summed E-state index contributed by atoms with van der Waals surface area (Å²) in [4.78, 5) is 0. The molecule has 0 bridgehead atoms. The second-order valence-electron chi connectivity index (χ2n) is 5.45. The highest BCUT2D eigenvalue weighted by molar-refractivity contribution is 5.40. The molecule has 0 aliphatic carbocycles. The van der Waals surface area contributed by atoms with Crippen LogP contribution in [0.1, 0.15) is 36.9 Å². The van der Waals surface area contributed by atoms with Crippen LogP contribution in [0.5, 0.6) is 5.75 Å². The maximum Gasteiger partial charge on any atom is 0.122 e. The van der Waals surface area contributed by atoms with Crippen molar-refractivity contribution < 1.29 is 14.2 Å². The van der Waals surface area contributed by atoms with Crippen molar-refractivity contribution in [2.75, 3.05) is 40.1 Å². The molecule has 2 rings (SSSR count). The number of methoxy groups -OCH3 is 1. The molecule has 1 unspecified atom stereocenters. The molecule has 0 radical (unpaired) electrons. The third-order valence-electron chi connectivity index (χ3n) is 3.81. The molecule has 1 heterocycles. The first kappa shape index (κ1) is 16.3. The third kappa shape index (κ3) is 5.30. The molecule has 1 aliphatic heterocycles. The Labute approximate surface area is 127 Å². The smallest absolute Gasteiger partial charge is 0.122 e. The van der Waals surface area contributed by atoms with Gasteiger partial charge in [-0.25, -0.2) is 0 Å². The summed E-state index contributed by atoms with van der Waals surface area (Å²) in [5.41, 5.74) is 2.68. The fourth-order valence-corrected chi connectivity index (χ4v) is 2.49. The first-order valence-electron chi connectivity index (χ1n) is 7.87. The van der Waals surface area contributed by atoms with Crippen LogP contribution < -0.4 is 10.1 Å². The van der Waals surface area contributed by atoms with Gasteiger partial charge in [-0.1, -0.05) is 12.1 Å². The number of nitrogens with one attached hydrogen (secondary N) is 1. The van der Waals surface area contributed by atoms with E-state index in [4.69, 9.17) is 14.2 Å². The molecule has 21 heavy (non-hydrogen) atoms. The van der Waals surface area contributed by atoms with Crippen molar-refractivity contribution in [2.24, 2.45) is 0 Å². The van der Waals surface area contributed by atoms with Crippen LogP contribution in [0.2, 0.25) is 0 Å². The number of ether oxygens (including phenoxy) is 3. The van der Waals surface area contributed by atoms with Crippen molar-refractivity contribution in [3.63, 3.8) is 0 Å². The van der Waals surface area contributed by atoms with Crippen molar-refractivity contribution in [2.45, 2.75) is 32.2 Å². The largest absolute Gasteiger partial charge is 0.493 e. The van der Waals surface area contributed by atoms with Gasteiger partial charge in [-0.3, -0.25) is 0 Å². The maximum atomic E-state index is 5.54. The van der Waals surface area contributed by atoms with Crippen LogP contribution in [0, 0.1) is 0 Å². The predicted octanol–water partition coefficient (Wildman–Crippen LogP) is 2.72. The van der Waals surface area contributed by atoms with Crippen molar-refractivity contribution in [1.82, 2.24) is 5.32 Å². The Morgan fingerprint density at radius 1 is 1.24 bits per heavy atom. The fourth-order valence-electron chi connectivity index (χ4n) is 2.49. The maximum absolute atomic E-state index is 5.54. The molecule has 0 amide bonds. The second kappa shape index (κ2) is 9.03. The molecule has 1 atom stereocenters. The molecule has 118 valence electrons. The highest BCUT2D eigenvalue weighted by Crippen LogP contribution is 2.27. The lowest BCUT2D eigenvalue weighted by Gasteiger charge is -2.15. The van der Waals surface area contributed by atoms with E-state index in [9.17, 15) is 0 Å². The van der Waals surface area contributed by atoms with E-state index in [1.54, 1.807) is 7.11 Å². The minimum absolute atomic E-state index is 0.380. The zero-order valence-electron chi connectivity index (χ0n) is 13.2. The molecule has 1 aromatic carbocycles. The van der Waals surface area contributed by atoms with Gasteiger partial charge in [0.15, 0.2) is 0 Å². The summed E-state index contributed by atoms with van der Waals surface area (Å²) in [7, 11) is 1.69. The molecule has 0 saturated carbocycles. The molecule has 4 heteroatoms. The monoisotopic (exact) mass is 293 g/mol. The zero-order chi connectivity index (χ0) is 14.9. The molecule has 0 aromatic heterocycles. The molecule has 0 saturated heterocycles. The number of fused-ring (bicyclic) bond motifs is 1. The summed E-state index contributed by atoms with van der Waals surface area (Å²) in [5, 5.41) is 3.57. The van der Waals surface area contributed by atoms with Gasteiger partial charge in [-0.05, 0) is 43.5 Å². The molecule has 1 aromatic rings. The highest BCUT2D eigenvalue weighted by atomic mass is 16.5. The lowest BCUT2D eigenvalue weighted by molar-refractivity contribution is 0.0687. The van der Waals surface area contributed by atoms with Crippen LogP contribution in [0.25, 0.3) is 0 Å². The molecular weight excluding hydrogens is 266 g/mol. The van der Waals surface area contributed by atoms with E-state index < -0.39 is 0 Å². The summed E-state index contributed by atoms with van der Waals surface area (Å²) >= 11 is 0. The summed E-state index contributed by atoms with van der Waals surface area (Å²) < 4.78 is 15.9. The Kier molecular flexibility index (Phi) is 7.00. The fraction of sp³-hybridized carbons (Fsp3) is 0.647. The summed E-state index contributed by atoms with van der Waals surface area (Å²) in [5.74, 6) is 1.05. The standard InChI is InChI=1S/C17H27NO3/c1-14(18-8-3-4-9-20-12-11-19-2)15-5-6-17-16(13-15)7-10-21-17/h5-6,13-14,18H,3-4,7-12H2,1-2H3. The van der Waals surface area contributed by atoms with Gasteiger partial charge in [-0.15, -0.1) is 0 Å². The lowest BCUT2D eigenvalue weighted by atomic mass is 10.0. The Hall–Kier alpha value is -1.10. The SMILES string of the molecule is COCCOCCCCNC(C)c1ccc2c(c1)CCO2. The number of benzene rings is 1. The van der Waals surface area contributed by atoms with Gasteiger partial charge in [-0.2, -0.15) is 0 Å².